The van der Waals surface area contributed by atoms with Crippen molar-refractivity contribution in [2.24, 2.45) is 0 Å². The third-order valence-corrected chi connectivity index (χ3v) is 7.07. The van der Waals surface area contributed by atoms with Crippen LogP contribution in [0.4, 0.5) is 11.4 Å². The van der Waals surface area contributed by atoms with Crippen LogP contribution in [0.15, 0.2) is 66.2 Å². The van der Waals surface area contributed by atoms with Gasteiger partial charge in [0.2, 0.25) is 0 Å². The first-order chi connectivity index (χ1) is 17.7. The second kappa shape index (κ2) is 10.9. The van der Waals surface area contributed by atoms with Crippen molar-refractivity contribution >= 4 is 52.0 Å². The number of rotatable bonds is 7. The fourth-order valence-electron chi connectivity index (χ4n) is 4.73. The van der Waals surface area contributed by atoms with Gasteiger partial charge in [-0.2, -0.15) is 0 Å². The van der Waals surface area contributed by atoms with Crippen molar-refractivity contribution < 1.29 is 19.4 Å². The maximum Gasteiger partial charge on any atom is 0.300 e. The normalized spacial score (nSPS) is 16.8. The Morgan fingerprint density at radius 2 is 1.62 bits per heavy atom. The van der Waals surface area contributed by atoms with Crippen molar-refractivity contribution in [3.63, 3.8) is 0 Å². The van der Waals surface area contributed by atoms with Crippen LogP contribution < -0.4 is 14.5 Å². The van der Waals surface area contributed by atoms with Crippen LogP contribution in [0.5, 0.6) is 5.75 Å². The van der Waals surface area contributed by atoms with E-state index in [1.807, 2.05) is 31.2 Å². The van der Waals surface area contributed by atoms with Crippen molar-refractivity contribution in [2.75, 3.05) is 30.0 Å². The van der Waals surface area contributed by atoms with Crippen LogP contribution in [-0.4, -0.2) is 37.0 Å². The maximum absolute atomic E-state index is 13.5. The molecule has 3 aromatic carbocycles. The molecule has 1 heterocycles. The molecule has 1 atom stereocenters. The van der Waals surface area contributed by atoms with Gasteiger partial charge in [-0.1, -0.05) is 35.3 Å². The molecule has 0 aliphatic carbocycles. The van der Waals surface area contributed by atoms with Crippen LogP contribution in [0.3, 0.4) is 0 Å². The second-order valence-corrected chi connectivity index (χ2v) is 9.58. The number of ether oxygens (including phenoxy) is 1. The van der Waals surface area contributed by atoms with Gasteiger partial charge < -0.3 is 14.7 Å². The minimum Gasteiger partial charge on any atom is -0.507 e. The molecular weight excluding hydrogens is 511 g/mol. The summed E-state index contributed by atoms with van der Waals surface area (Å²) in [7, 11) is 1.43. The molecule has 1 N–H and O–H groups in total. The monoisotopic (exact) mass is 538 g/mol. The summed E-state index contributed by atoms with van der Waals surface area (Å²) in [4.78, 5) is 30.5. The summed E-state index contributed by atoms with van der Waals surface area (Å²) in [6.45, 7) is 7.65. The standard InChI is InChI=1S/C29H28Cl2N2O4/c1-5-32(6-2)20-11-7-18(8-12-20)25-24(26(34)22-15-17(3)16-23(31)28(22)37-4)27(35)29(36)33(25)21-13-9-19(30)10-14-21/h7-16,25,34H,5-6H2,1-4H3/b26-24+. The average molecular weight is 539 g/mol. The van der Waals surface area contributed by atoms with Gasteiger partial charge in [-0.15, -0.1) is 0 Å². The van der Waals surface area contributed by atoms with Gasteiger partial charge in [-0.25, -0.2) is 0 Å². The smallest absolute Gasteiger partial charge is 0.300 e. The van der Waals surface area contributed by atoms with Gasteiger partial charge in [0.25, 0.3) is 11.7 Å². The molecule has 3 aromatic rings. The average Bonchev–Trinajstić information content (AvgIpc) is 3.15. The van der Waals surface area contributed by atoms with Crippen molar-refractivity contribution in [2.45, 2.75) is 26.8 Å². The van der Waals surface area contributed by atoms with E-state index in [9.17, 15) is 14.7 Å². The SMILES string of the molecule is CCN(CC)c1ccc(C2/C(=C(\O)c3cc(C)cc(Cl)c3OC)C(=O)C(=O)N2c2ccc(Cl)cc2)cc1. The highest BCUT2D eigenvalue weighted by Crippen LogP contribution is 2.45. The lowest BCUT2D eigenvalue weighted by atomic mass is 9.94. The number of nitrogens with zero attached hydrogens (tertiary/aromatic N) is 2. The molecule has 1 fully saturated rings. The molecule has 4 rings (SSSR count). The Labute approximate surface area is 226 Å². The number of aryl methyl sites for hydroxylation is 1. The predicted molar refractivity (Wildman–Crippen MR) is 149 cm³/mol. The lowest BCUT2D eigenvalue weighted by molar-refractivity contribution is -0.132. The summed E-state index contributed by atoms with van der Waals surface area (Å²) in [5.74, 6) is -1.68. The van der Waals surface area contributed by atoms with E-state index < -0.39 is 17.7 Å². The number of carbonyl (C=O) groups excluding carboxylic acids is 2. The topological polar surface area (TPSA) is 70.1 Å². The fraction of sp³-hybridized carbons (Fsp3) is 0.241. The first-order valence-corrected chi connectivity index (χ1v) is 12.7. The van der Waals surface area contributed by atoms with Gasteiger partial charge in [0, 0.05) is 29.5 Å². The first-order valence-electron chi connectivity index (χ1n) is 12.0. The number of halogens is 2. The van der Waals surface area contributed by atoms with Gasteiger partial charge in [-0.3, -0.25) is 14.5 Å². The van der Waals surface area contributed by atoms with E-state index >= 15 is 0 Å². The van der Waals surface area contributed by atoms with Gasteiger partial charge in [0.1, 0.15) is 11.5 Å². The van der Waals surface area contributed by atoms with E-state index in [0.29, 0.717) is 16.3 Å². The Morgan fingerprint density at radius 3 is 2.19 bits per heavy atom. The molecule has 0 saturated carbocycles. The number of benzene rings is 3. The van der Waals surface area contributed by atoms with Crippen LogP contribution in [-0.2, 0) is 9.59 Å². The lowest BCUT2D eigenvalue weighted by Crippen LogP contribution is -2.29. The van der Waals surface area contributed by atoms with Crippen LogP contribution in [0.1, 0.15) is 36.6 Å². The van der Waals surface area contributed by atoms with Crippen LogP contribution in [0.25, 0.3) is 5.76 Å². The van der Waals surface area contributed by atoms with Gasteiger partial charge >= 0.3 is 0 Å². The molecule has 1 unspecified atom stereocenters. The number of hydrogen-bond donors (Lipinski definition) is 1. The lowest BCUT2D eigenvalue weighted by Gasteiger charge is -2.27. The number of aliphatic hydroxyl groups is 1. The predicted octanol–water partition coefficient (Wildman–Crippen LogP) is 6.78. The van der Waals surface area contributed by atoms with Crippen molar-refractivity contribution in [3.8, 4) is 5.75 Å². The third-order valence-electron chi connectivity index (χ3n) is 6.53. The Hall–Kier alpha value is -3.48. The van der Waals surface area contributed by atoms with E-state index in [1.165, 1.54) is 12.0 Å². The molecule has 1 aliphatic rings. The minimum absolute atomic E-state index is 0.0458. The molecule has 0 radical (unpaired) electrons. The van der Waals surface area contributed by atoms with Gasteiger partial charge in [0.05, 0.1) is 29.3 Å². The van der Waals surface area contributed by atoms with Crippen molar-refractivity contribution in [1.29, 1.82) is 0 Å². The molecule has 0 spiro atoms. The van der Waals surface area contributed by atoms with Crippen LogP contribution in [0.2, 0.25) is 10.0 Å². The third kappa shape index (κ3) is 4.91. The van der Waals surface area contributed by atoms with E-state index in [1.54, 1.807) is 36.4 Å². The highest BCUT2D eigenvalue weighted by atomic mass is 35.5. The quantitative estimate of drug-likeness (QED) is 0.204. The Bertz CT molecular complexity index is 1360. The van der Waals surface area contributed by atoms with E-state index in [2.05, 4.69) is 18.7 Å². The Balaban J connectivity index is 1.96. The maximum atomic E-state index is 13.5. The van der Waals surface area contributed by atoms with E-state index in [-0.39, 0.29) is 27.7 Å². The van der Waals surface area contributed by atoms with Crippen LogP contribution >= 0.6 is 23.2 Å². The molecule has 6 nitrogen and oxygen atoms in total. The molecule has 1 amide bonds. The number of amides is 1. The number of hydrogen-bond acceptors (Lipinski definition) is 5. The summed E-state index contributed by atoms with van der Waals surface area (Å²) in [5.41, 5.74) is 3.13. The molecule has 37 heavy (non-hydrogen) atoms. The Morgan fingerprint density at radius 1 is 1.00 bits per heavy atom. The molecule has 8 heteroatoms. The summed E-state index contributed by atoms with van der Waals surface area (Å²) in [5, 5.41) is 12.3. The summed E-state index contributed by atoms with van der Waals surface area (Å²) < 4.78 is 5.45. The number of ketones is 1. The van der Waals surface area contributed by atoms with Gasteiger partial charge in [0.15, 0.2) is 0 Å². The number of methoxy groups -OCH3 is 1. The molecule has 1 saturated heterocycles. The zero-order valence-electron chi connectivity index (χ0n) is 21.1. The van der Waals surface area contributed by atoms with E-state index in [4.69, 9.17) is 27.9 Å². The number of Topliss-reactive ketones (excluding diaryl/α,β-unsaturated/α-hetero) is 1. The molecule has 1 aliphatic heterocycles. The molecule has 0 aromatic heterocycles. The summed E-state index contributed by atoms with van der Waals surface area (Å²) in [6, 6.07) is 16.8. The number of aliphatic hydroxyl groups excluding tert-OH is 1. The highest BCUT2D eigenvalue weighted by molar-refractivity contribution is 6.51. The number of carbonyl (C=O) groups is 2. The largest absolute Gasteiger partial charge is 0.507 e. The summed E-state index contributed by atoms with van der Waals surface area (Å²) in [6.07, 6.45) is 0. The number of anilines is 2. The van der Waals surface area contributed by atoms with Gasteiger partial charge in [-0.05, 0) is 80.4 Å². The highest BCUT2D eigenvalue weighted by Gasteiger charge is 2.47. The van der Waals surface area contributed by atoms with Crippen molar-refractivity contribution in [3.05, 3.63) is 93.0 Å². The van der Waals surface area contributed by atoms with Crippen LogP contribution in [0, 0.1) is 6.92 Å². The second-order valence-electron chi connectivity index (χ2n) is 8.74. The zero-order valence-corrected chi connectivity index (χ0v) is 22.6. The summed E-state index contributed by atoms with van der Waals surface area (Å²) >= 11 is 12.5. The molecular formula is C29H28Cl2N2O4. The minimum atomic E-state index is -0.879. The fourth-order valence-corrected chi connectivity index (χ4v) is 5.21. The first kappa shape index (κ1) is 26.6. The molecule has 192 valence electrons. The molecule has 0 bridgehead atoms. The zero-order chi connectivity index (χ0) is 26.9. The van der Waals surface area contributed by atoms with Crippen molar-refractivity contribution in [1.82, 2.24) is 0 Å². The van der Waals surface area contributed by atoms with E-state index in [0.717, 1.165) is 24.3 Å². The Kier molecular flexibility index (Phi) is 7.81.